The molecule has 3 rings (SSSR count). The van der Waals surface area contributed by atoms with Crippen molar-refractivity contribution in [3.05, 3.63) is 58.3 Å². The maximum atomic E-state index is 13.1. The molecule has 8 nitrogen and oxygen atoms in total. The molecule has 0 bridgehead atoms. The zero-order valence-electron chi connectivity index (χ0n) is 15.7. The number of nitrogens with two attached hydrogens (primary N) is 1. The molecule has 1 saturated heterocycles. The summed E-state index contributed by atoms with van der Waals surface area (Å²) in [5.41, 5.74) is 6.19. The van der Waals surface area contributed by atoms with Crippen LogP contribution in [0.2, 0.25) is 0 Å². The molecule has 2 heterocycles. The first kappa shape index (κ1) is 21.5. The second-order valence-corrected chi connectivity index (χ2v) is 6.87. The Bertz CT molecular complexity index is 921. The van der Waals surface area contributed by atoms with Crippen LogP contribution in [0.3, 0.4) is 0 Å². The fourth-order valence-corrected chi connectivity index (χ4v) is 3.33. The van der Waals surface area contributed by atoms with Gasteiger partial charge in [-0.3, -0.25) is 14.9 Å². The number of pyridine rings is 1. The molecule has 0 aliphatic carbocycles. The monoisotopic (exact) mass is 424 g/mol. The topological polar surface area (TPSA) is 112 Å². The Morgan fingerprint density at radius 3 is 2.67 bits per heavy atom. The van der Waals surface area contributed by atoms with Gasteiger partial charge in [0.1, 0.15) is 11.8 Å². The minimum atomic E-state index is -4.47. The Hall–Kier alpha value is -3.21. The summed E-state index contributed by atoms with van der Waals surface area (Å²) in [7, 11) is 0. The number of hydrogen-bond donors (Lipinski definition) is 1. The number of alkyl halides is 3. The van der Waals surface area contributed by atoms with Crippen LogP contribution in [0.1, 0.15) is 18.4 Å². The third-order valence-electron chi connectivity index (χ3n) is 4.77. The van der Waals surface area contributed by atoms with Gasteiger partial charge in [-0.1, -0.05) is 12.1 Å². The number of hydrogen-bond acceptors (Lipinski definition) is 6. The van der Waals surface area contributed by atoms with Gasteiger partial charge in [0, 0.05) is 18.8 Å². The fourth-order valence-electron chi connectivity index (χ4n) is 3.33. The molecule has 1 aromatic heterocycles. The Kier molecular flexibility index (Phi) is 6.20. The zero-order valence-corrected chi connectivity index (χ0v) is 15.7. The smallest absolute Gasteiger partial charge is 0.408 e. The summed E-state index contributed by atoms with van der Waals surface area (Å²) < 4.78 is 44.6. The highest BCUT2D eigenvalue weighted by Gasteiger charge is 2.48. The molecule has 0 radical (unpaired) electrons. The van der Waals surface area contributed by atoms with E-state index < -0.39 is 29.1 Å². The summed E-state index contributed by atoms with van der Waals surface area (Å²) in [4.78, 5) is 27.5. The molecule has 2 N–H and O–H groups in total. The Balaban J connectivity index is 1.64. The van der Waals surface area contributed by atoms with Crippen molar-refractivity contribution in [2.24, 2.45) is 5.73 Å². The predicted octanol–water partition coefficient (Wildman–Crippen LogP) is 3.21. The Morgan fingerprint density at radius 2 is 2.03 bits per heavy atom. The lowest BCUT2D eigenvalue weighted by molar-refractivity contribution is -0.386. The Morgan fingerprint density at radius 1 is 1.33 bits per heavy atom. The Labute approximate surface area is 169 Å². The summed E-state index contributed by atoms with van der Waals surface area (Å²) >= 11 is 0. The van der Waals surface area contributed by atoms with Crippen LogP contribution in [0.4, 0.5) is 18.9 Å². The molecule has 1 aliphatic rings. The number of likely N-dealkylation sites (tertiary alicyclic amines) is 1. The molecular formula is C19H19F3N4O4. The van der Waals surface area contributed by atoms with Crippen molar-refractivity contribution in [1.29, 1.82) is 0 Å². The van der Waals surface area contributed by atoms with Gasteiger partial charge in [-0.25, -0.2) is 4.98 Å². The minimum absolute atomic E-state index is 0.0341. The number of carbonyl (C=O) groups excluding carboxylic acids is 1. The zero-order chi connectivity index (χ0) is 21.9. The molecule has 30 heavy (non-hydrogen) atoms. The van der Waals surface area contributed by atoms with E-state index in [9.17, 15) is 28.1 Å². The van der Waals surface area contributed by atoms with Gasteiger partial charge in [-0.05, 0) is 43.0 Å². The van der Waals surface area contributed by atoms with E-state index in [0.29, 0.717) is 5.56 Å². The van der Waals surface area contributed by atoms with Gasteiger partial charge in [0.05, 0.1) is 11.0 Å². The second-order valence-electron chi connectivity index (χ2n) is 6.87. The van der Waals surface area contributed by atoms with Gasteiger partial charge in [0.25, 0.3) is 5.88 Å². The minimum Gasteiger partial charge on any atom is -0.434 e. The highest BCUT2D eigenvalue weighted by molar-refractivity contribution is 5.82. The molecule has 11 heteroatoms. The van der Waals surface area contributed by atoms with E-state index in [1.54, 1.807) is 12.1 Å². The highest BCUT2D eigenvalue weighted by Crippen LogP contribution is 2.33. The van der Waals surface area contributed by atoms with Crippen LogP contribution >= 0.6 is 0 Å². The summed E-state index contributed by atoms with van der Waals surface area (Å²) in [5.74, 6) is -0.634. The van der Waals surface area contributed by atoms with Crippen LogP contribution in [0.5, 0.6) is 11.6 Å². The third-order valence-corrected chi connectivity index (χ3v) is 4.77. The van der Waals surface area contributed by atoms with Gasteiger partial charge in [-0.15, -0.1) is 0 Å². The molecular weight excluding hydrogens is 405 g/mol. The molecule has 2 atom stereocenters. The van der Waals surface area contributed by atoms with Crippen molar-refractivity contribution in [1.82, 2.24) is 9.88 Å². The second kappa shape index (κ2) is 8.66. The number of benzene rings is 1. The van der Waals surface area contributed by atoms with Crippen LogP contribution in [0.25, 0.3) is 0 Å². The van der Waals surface area contributed by atoms with Gasteiger partial charge in [0.15, 0.2) is 0 Å². The average Bonchev–Trinajstić information content (AvgIpc) is 3.19. The lowest BCUT2D eigenvalue weighted by Gasteiger charge is -2.28. The SMILES string of the molecule is N[C@@H](Cc1ccc(Oc2ncccc2[N+](=O)[O-])cc1)C(=O)N1CCC[C@H]1C(F)(F)F. The molecule has 1 aromatic carbocycles. The maximum Gasteiger partial charge on any atom is 0.408 e. The average molecular weight is 424 g/mol. The molecule has 0 unspecified atom stereocenters. The molecule has 0 saturated carbocycles. The van der Waals surface area contributed by atoms with Crippen LogP contribution in [-0.4, -0.2) is 45.5 Å². The normalized spacial score (nSPS) is 17.6. The molecule has 1 amide bonds. The predicted molar refractivity (Wildman–Crippen MR) is 99.9 cm³/mol. The number of carbonyl (C=O) groups is 1. The number of ether oxygens (including phenoxy) is 1. The lowest BCUT2D eigenvalue weighted by atomic mass is 10.0. The molecule has 1 fully saturated rings. The van der Waals surface area contributed by atoms with Crippen molar-refractivity contribution in [2.45, 2.75) is 37.5 Å². The van der Waals surface area contributed by atoms with Crippen molar-refractivity contribution in [2.75, 3.05) is 6.54 Å². The largest absolute Gasteiger partial charge is 0.434 e. The van der Waals surface area contributed by atoms with Gasteiger partial charge < -0.3 is 15.4 Å². The van der Waals surface area contributed by atoms with Gasteiger partial charge in [0.2, 0.25) is 5.91 Å². The standard InChI is InChI=1S/C19H19F3N4O4/c20-19(21,22)16-4-2-10-25(16)18(27)14(23)11-12-5-7-13(8-6-12)30-17-15(26(28)29)3-1-9-24-17/h1,3,5-9,14,16H,2,4,10-11,23H2/t14-,16-/m0/s1. The number of nitro groups is 1. The van der Waals surface area contributed by atoms with E-state index in [0.717, 1.165) is 4.90 Å². The van der Waals surface area contributed by atoms with Crippen LogP contribution < -0.4 is 10.5 Å². The molecule has 0 spiro atoms. The molecule has 2 aromatic rings. The summed E-state index contributed by atoms with van der Waals surface area (Å²) in [6, 6.07) is 5.96. The van der Waals surface area contributed by atoms with Crippen molar-refractivity contribution in [3.8, 4) is 11.6 Å². The van der Waals surface area contributed by atoms with E-state index >= 15 is 0 Å². The number of aromatic nitrogens is 1. The number of nitrogens with zero attached hydrogens (tertiary/aromatic N) is 3. The fraction of sp³-hybridized carbons (Fsp3) is 0.368. The summed E-state index contributed by atoms with van der Waals surface area (Å²) in [6.07, 6.45) is -2.90. The number of halogens is 3. The number of amides is 1. The quantitative estimate of drug-likeness (QED) is 0.563. The summed E-state index contributed by atoms with van der Waals surface area (Å²) in [5, 5.41) is 11.0. The van der Waals surface area contributed by atoms with E-state index in [1.165, 1.54) is 30.5 Å². The molecule has 1 aliphatic heterocycles. The first-order valence-electron chi connectivity index (χ1n) is 9.16. The van der Waals surface area contributed by atoms with Crippen LogP contribution in [0, 0.1) is 10.1 Å². The van der Waals surface area contributed by atoms with Crippen molar-refractivity contribution >= 4 is 11.6 Å². The summed E-state index contributed by atoms with van der Waals surface area (Å²) in [6.45, 7) is 0.0341. The highest BCUT2D eigenvalue weighted by atomic mass is 19.4. The first-order valence-corrected chi connectivity index (χ1v) is 9.16. The lowest BCUT2D eigenvalue weighted by Crippen LogP contribution is -2.51. The van der Waals surface area contributed by atoms with Crippen LogP contribution in [0.15, 0.2) is 42.6 Å². The molecule has 160 valence electrons. The first-order chi connectivity index (χ1) is 14.2. The van der Waals surface area contributed by atoms with Crippen molar-refractivity contribution in [3.63, 3.8) is 0 Å². The van der Waals surface area contributed by atoms with E-state index in [2.05, 4.69) is 4.98 Å². The van der Waals surface area contributed by atoms with Crippen molar-refractivity contribution < 1.29 is 27.6 Å². The van der Waals surface area contributed by atoms with Gasteiger partial charge in [-0.2, -0.15) is 13.2 Å². The van der Waals surface area contributed by atoms with E-state index in [4.69, 9.17) is 10.5 Å². The van der Waals surface area contributed by atoms with E-state index in [1.807, 2.05) is 0 Å². The van der Waals surface area contributed by atoms with E-state index in [-0.39, 0.29) is 43.1 Å². The van der Waals surface area contributed by atoms with Crippen LogP contribution in [-0.2, 0) is 11.2 Å². The van der Waals surface area contributed by atoms with Gasteiger partial charge >= 0.3 is 11.9 Å². The maximum absolute atomic E-state index is 13.1. The third kappa shape index (κ3) is 4.85. The number of rotatable bonds is 6.